The molecule has 0 aliphatic heterocycles. The number of nitrogens with zero attached hydrogens (tertiary/aromatic N) is 4. The topological polar surface area (TPSA) is 43.6 Å². The highest BCUT2D eigenvalue weighted by atomic mass is 35.5. The molecule has 0 N–H and O–H groups in total. The fourth-order valence-corrected chi connectivity index (χ4v) is 1.86. The molecule has 0 atom stereocenters. The van der Waals surface area contributed by atoms with E-state index in [9.17, 15) is 0 Å². The van der Waals surface area contributed by atoms with Crippen molar-refractivity contribution in [2.75, 3.05) is 0 Å². The Morgan fingerprint density at radius 1 is 1.43 bits per heavy atom. The summed E-state index contributed by atoms with van der Waals surface area (Å²) in [5, 5.41) is 13.8. The number of hydrogen-bond donors (Lipinski definition) is 0. The fraction of sp³-hybridized carbons (Fsp3) is 0.444. The first-order valence-electron chi connectivity index (χ1n) is 4.61. The number of fused-ring (bicyclic) bond motifs is 1. The summed E-state index contributed by atoms with van der Waals surface area (Å²) in [4.78, 5) is 0. The highest BCUT2D eigenvalue weighted by molar-refractivity contribution is 6.29. The zero-order valence-electron chi connectivity index (χ0n) is 7.74. The smallest absolute Gasteiger partial charge is 0.180 e. The van der Waals surface area contributed by atoms with Crippen molar-refractivity contribution in [2.45, 2.75) is 18.8 Å². The Morgan fingerprint density at radius 3 is 2.93 bits per heavy atom. The van der Waals surface area contributed by atoms with Crippen molar-refractivity contribution >= 4 is 22.6 Å². The maximum Gasteiger partial charge on any atom is 0.180 e. The molecule has 0 bridgehead atoms. The molecule has 4 nitrogen and oxygen atoms in total. The second-order valence-electron chi connectivity index (χ2n) is 3.69. The molecule has 0 aromatic carbocycles. The Hall–Kier alpha value is -1.16. The lowest BCUT2D eigenvalue weighted by Crippen LogP contribution is -1.93. The summed E-state index contributed by atoms with van der Waals surface area (Å²) < 4.78 is 1.77. The molecule has 5 heteroatoms. The lowest BCUT2D eigenvalue weighted by atomic mass is 10.2. The van der Waals surface area contributed by atoms with Gasteiger partial charge >= 0.3 is 0 Å². The number of aryl methyl sites for hydroxylation is 1. The lowest BCUT2D eigenvalue weighted by molar-refractivity contribution is 0.753. The third-order valence-corrected chi connectivity index (χ3v) is 2.73. The largest absolute Gasteiger partial charge is 0.249 e. The van der Waals surface area contributed by atoms with E-state index >= 15 is 0 Å². The van der Waals surface area contributed by atoms with E-state index in [1.165, 1.54) is 12.8 Å². The van der Waals surface area contributed by atoms with E-state index in [0.29, 0.717) is 11.1 Å². The van der Waals surface area contributed by atoms with Crippen LogP contribution in [-0.4, -0.2) is 20.0 Å². The van der Waals surface area contributed by atoms with Crippen molar-refractivity contribution in [2.24, 2.45) is 7.05 Å². The van der Waals surface area contributed by atoms with Gasteiger partial charge in [-0.05, 0) is 18.9 Å². The van der Waals surface area contributed by atoms with Gasteiger partial charge in [0.25, 0.3) is 0 Å². The van der Waals surface area contributed by atoms with Crippen molar-refractivity contribution in [3.63, 3.8) is 0 Å². The summed E-state index contributed by atoms with van der Waals surface area (Å²) in [5.74, 6) is 0.610. The Kier molecular flexibility index (Phi) is 1.56. The summed E-state index contributed by atoms with van der Waals surface area (Å²) in [7, 11) is 1.89. The van der Waals surface area contributed by atoms with Crippen LogP contribution in [0.1, 0.15) is 24.5 Å². The van der Waals surface area contributed by atoms with Crippen LogP contribution in [0.15, 0.2) is 6.07 Å². The van der Waals surface area contributed by atoms with Crippen molar-refractivity contribution in [1.29, 1.82) is 0 Å². The molecule has 0 spiro atoms. The molecule has 2 aromatic heterocycles. The van der Waals surface area contributed by atoms with Crippen LogP contribution < -0.4 is 0 Å². The second-order valence-corrected chi connectivity index (χ2v) is 4.07. The third kappa shape index (κ3) is 1.10. The molecular formula is C9H9ClN4. The molecule has 1 aliphatic carbocycles. The van der Waals surface area contributed by atoms with Gasteiger partial charge in [0, 0.05) is 18.4 Å². The monoisotopic (exact) mass is 208 g/mol. The number of hydrogen-bond acceptors (Lipinski definition) is 3. The highest BCUT2D eigenvalue weighted by Crippen LogP contribution is 2.42. The van der Waals surface area contributed by atoms with Gasteiger partial charge in [-0.2, -0.15) is 5.10 Å². The van der Waals surface area contributed by atoms with Gasteiger partial charge in [-0.3, -0.25) is 0 Å². The van der Waals surface area contributed by atoms with E-state index in [0.717, 1.165) is 16.7 Å². The number of rotatable bonds is 1. The Labute approximate surface area is 85.9 Å². The van der Waals surface area contributed by atoms with Crippen LogP contribution in [0.5, 0.6) is 0 Å². The fourth-order valence-electron chi connectivity index (χ4n) is 1.71. The van der Waals surface area contributed by atoms with Crippen molar-refractivity contribution < 1.29 is 0 Å². The van der Waals surface area contributed by atoms with Crippen LogP contribution in [0.2, 0.25) is 5.15 Å². The maximum absolute atomic E-state index is 5.81. The van der Waals surface area contributed by atoms with Gasteiger partial charge in [0.1, 0.15) is 0 Å². The highest BCUT2D eigenvalue weighted by Gasteiger charge is 2.29. The van der Waals surface area contributed by atoms with E-state index in [1.807, 2.05) is 13.1 Å². The summed E-state index contributed by atoms with van der Waals surface area (Å²) in [5.41, 5.74) is 1.94. The van der Waals surface area contributed by atoms with Crippen molar-refractivity contribution in [3.05, 3.63) is 16.9 Å². The average Bonchev–Trinajstić information content (AvgIpc) is 2.93. The number of aromatic nitrogens is 4. The molecule has 72 valence electrons. The minimum absolute atomic E-state index is 0.437. The predicted octanol–water partition coefficient (Wildman–Crippen LogP) is 1.89. The summed E-state index contributed by atoms with van der Waals surface area (Å²) in [6.45, 7) is 0. The third-order valence-electron chi connectivity index (χ3n) is 2.55. The molecule has 0 radical (unpaired) electrons. The van der Waals surface area contributed by atoms with E-state index < -0.39 is 0 Å². The normalized spacial score (nSPS) is 16.4. The summed E-state index contributed by atoms with van der Waals surface area (Å²) in [6, 6.07) is 1.85. The molecule has 3 rings (SSSR count). The average molecular weight is 209 g/mol. The van der Waals surface area contributed by atoms with Crippen molar-refractivity contribution in [3.8, 4) is 0 Å². The van der Waals surface area contributed by atoms with Gasteiger partial charge in [-0.15, -0.1) is 10.2 Å². The van der Waals surface area contributed by atoms with Gasteiger partial charge in [0.15, 0.2) is 10.8 Å². The SMILES string of the molecule is Cn1nc(C2CC2)c2cc(Cl)nnc21. The second kappa shape index (κ2) is 2.67. The molecule has 1 fully saturated rings. The molecule has 1 aliphatic rings. The summed E-state index contributed by atoms with van der Waals surface area (Å²) >= 11 is 5.81. The molecule has 2 heterocycles. The van der Waals surface area contributed by atoms with Gasteiger partial charge in [0.05, 0.1) is 5.69 Å². The summed E-state index contributed by atoms with van der Waals surface area (Å²) in [6.07, 6.45) is 2.46. The van der Waals surface area contributed by atoms with Crippen LogP contribution in [0, 0.1) is 0 Å². The molecule has 0 saturated heterocycles. The van der Waals surface area contributed by atoms with Crippen LogP contribution in [0.25, 0.3) is 11.0 Å². The Bertz CT molecular complexity index is 501. The molecule has 0 amide bonds. The van der Waals surface area contributed by atoms with Crippen molar-refractivity contribution in [1.82, 2.24) is 20.0 Å². The number of halogens is 1. The zero-order valence-corrected chi connectivity index (χ0v) is 8.49. The van der Waals surface area contributed by atoms with E-state index in [-0.39, 0.29) is 0 Å². The minimum Gasteiger partial charge on any atom is -0.249 e. The van der Waals surface area contributed by atoms with Crippen LogP contribution in [0.3, 0.4) is 0 Å². The molecule has 14 heavy (non-hydrogen) atoms. The van der Waals surface area contributed by atoms with Gasteiger partial charge in [0.2, 0.25) is 0 Å². The Morgan fingerprint density at radius 2 is 2.21 bits per heavy atom. The van der Waals surface area contributed by atoms with Gasteiger partial charge in [-0.1, -0.05) is 11.6 Å². The van der Waals surface area contributed by atoms with E-state index in [1.54, 1.807) is 4.68 Å². The standard InChI is InChI=1S/C9H9ClN4/c1-14-9-6(4-7(10)11-12-9)8(13-14)5-2-3-5/h4-5H,2-3H2,1H3. The maximum atomic E-state index is 5.81. The van der Waals surface area contributed by atoms with Gasteiger partial charge < -0.3 is 0 Å². The molecule has 0 unspecified atom stereocenters. The predicted molar refractivity (Wildman–Crippen MR) is 53.3 cm³/mol. The molecular weight excluding hydrogens is 200 g/mol. The molecule has 1 saturated carbocycles. The quantitative estimate of drug-likeness (QED) is 0.719. The first-order chi connectivity index (χ1) is 6.75. The minimum atomic E-state index is 0.437. The Balaban J connectivity index is 2.33. The van der Waals surface area contributed by atoms with E-state index in [4.69, 9.17) is 11.6 Å². The van der Waals surface area contributed by atoms with Crippen LogP contribution >= 0.6 is 11.6 Å². The van der Waals surface area contributed by atoms with Gasteiger partial charge in [-0.25, -0.2) is 4.68 Å². The van der Waals surface area contributed by atoms with Crippen LogP contribution in [0.4, 0.5) is 0 Å². The van der Waals surface area contributed by atoms with Crippen LogP contribution in [-0.2, 0) is 7.05 Å². The lowest BCUT2D eigenvalue weighted by Gasteiger charge is -1.91. The molecule has 2 aromatic rings. The first-order valence-corrected chi connectivity index (χ1v) is 4.99. The van der Waals surface area contributed by atoms with E-state index in [2.05, 4.69) is 15.3 Å². The first kappa shape index (κ1) is 8.17. The zero-order chi connectivity index (χ0) is 9.71.